The monoisotopic (exact) mass is 529 g/mol. The zero-order valence-corrected chi connectivity index (χ0v) is 22.0. The second kappa shape index (κ2) is 10.5. The molecule has 0 saturated carbocycles. The van der Waals surface area contributed by atoms with Crippen LogP contribution in [-0.2, 0) is 14.8 Å². The molecular weight excluding hydrogens is 500 g/mol. The number of benzene rings is 2. The SMILES string of the molecule is Cc1cc(C)c(NC(=O)C2CCN(S(=O)(=O)c3c(C)noc3C=Cc3ccc(F)cc3F)CC2)c(C)c1. The first-order valence-electron chi connectivity index (χ1n) is 12.0. The molecule has 1 aromatic heterocycles. The number of hydrogen-bond acceptors (Lipinski definition) is 5. The Bertz CT molecular complexity index is 1450. The molecule has 10 heteroatoms. The fourth-order valence-corrected chi connectivity index (χ4v) is 6.41. The molecule has 1 aliphatic heterocycles. The molecule has 7 nitrogen and oxygen atoms in total. The van der Waals surface area contributed by atoms with Crippen molar-refractivity contribution in [2.75, 3.05) is 18.4 Å². The highest BCUT2D eigenvalue weighted by atomic mass is 32.2. The number of nitrogens with zero attached hydrogens (tertiary/aromatic N) is 2. The van der Waals surface area contributed by atoms with Crippen molar-refractivity contribution in [3.05, 3.63) is 75.7 Å². The van der Waals surface area contributed by atoms with Gasteiger partial charge in [0.05, 0.1) is 0 Å². The van der Waals surface area contributed by atoms with E-state index in [0.29, 0.717) is 12.8 Å². The van der Waals surface area contributed by atoms with Crippen molar-refractivity contribution in [1.29, 1.82) is 0 Å². The van der Waals surface area contributed by atoms with Crippen LogP contribution in [0.5, 0.6) is 0 Å². The lowest BCUT2D eigenvalue weighted by Crippen LogP contribution is -2.41. The van der Waals surface area contributed by atoms with E-state index in [1.165, 1.54) is 29.4 Å². The van der Waals surface area contributed by atoms with Crippen LogP contribution >= 0.6 is 0 Å². The van der Waals surface area contributed by atoms with Crippen molar-refractivity contribution in [1.82, 2.24) is 9.46 Å². The summed E-state index contributed by atoms with van der Waals surface area (Å²) in [5, 5.41) is 6.81. The van der Waals surface area contributed by atoms with Gasteiger partial charge in [0.1, 0.15) is 17.3 Å². The molecule has 1 amide bonds. The Morgan fingerprint density at radius 1 is 1.05 bits per heavy atom. The Hall–Kier alpha value is -3.37. The van der Waals surface area contributed by atoms with Crippen LogP contribution in [0.15, 0.2) is 39.8 Å². The van der Waals surface area contributed by atoms with E-state index in [2.05, 4.69) is 10.5 Å². The van der Waals surface area contributed by atoms with Crippen LogP contribution in [0.4, 0.5) is 14.5 Å². The normalized spacial score (nSPS) is 15.4. The molecule has 0 aliphatic carbocycles. The Kier molecular flexibility index (Phi) is 7.61. The van der Waals surface area contributed by atoms with Gasteiger partial charge in [-0.15, -0.1) is 0 Å². The van der Waals surface area contributed by atoms with Crippen molar-refractivity contribution in [3.8, 4) is 0 Å². The standard InChI is InChI=1S/C27H29F2N3O4S/c1-16-13-17(2)25(18(3)14-16)30-27(33)21-9-11-32(12-10-21)37(34,35)26-19(4)31-36-24(26)8-6-20-5-7-22(28)15-23(20)29/h5-8,13-15,21H,9-12H2,1-4H3,(H,30,33). The molecule has 2 heterocycles. The van der Waals surface area contributed by atoms with E-state index in [0.717, 1.165) is 34.5 Å². The molecule has 3 aromatic rings. The van der Waals surface area contributed by atoms with Gasteiger partial charge in [0.15, 0.2) is 10.7 Å². The summed E-state index contributed by atoms with van der Waals surface area (Å²) >= 11 is 0. The van der Waals surface area contributed by atoms with E-state index < -0.39 is 21.7 Å². The molecule has 1 fully saturated rings. The van der Waals surface area contributed by atoms with Gasteiger partial charge < -0.3 is 9.84 Å². The number of aromatic nitrogens is 1. The smallest absolute Gasteiger partial charge is 0.248 e. The minimum atomic E-state index is -3.99. The highest BCUT2D eigenvalue weighted by molar-refractivity contribution is 7.89. The van der Waals surface area contributed by atoms with E-state index in [-0.39, 0.29) is 46.8 Å². The summed E-state index contributed by atoms with van der Waals surface area (Å²) in [6.07, 6.45) is 3.34. The maximum absolute atomic E-state index is 14.0. The van der Waals surface area contributed by atoms with Crippen molar-refractivity contribution < 1.29 is 26.5 Å². The van der Waals surface area contributed by atoms with Crippen molar-refractivity contribution in [2.45, 2.75) is 45.4 Å². The van der Waals surface area contributed by atoms with Gasteiger partial charge in [0, 0.05) is 36.3 Å². The van der Waals surface area contributed by atoms with Crippen LogP contribution in [-0.4, -0.2) is 36.9 Å². The second-order valence-corrected chi connectivity index (χ2v) is 11.3. The summed E-state index contributed by atoms with van der Waals surface area (Å²) in [5.74, 6) is -2.00. The van der Waals surface area contributed by atoms with E-state index in [4.69, 9.17) is 4.52 Å². The van der Waals surface area contributed by atoms with Crippen LogP contribution in [0.25, 0.3) is 12.2 Å². The minimum absolute atomic E-state index is 0.0496. The molecule has 0 spiro atoms. The van der Waals surface area contributed by atoms with E-state index >= 15 is 0 Å². The van der Waals surface area contributed by atoms with Gasteiger partial charge in [-0.05, 0) is 75.9 Å². The van der Waals surface area contributed by atoms with Crippen LogP contribution in [0.3, 0.4) is 0 Å². The molecule has 0 unspecified atom stereocenters. The maximum atomic E-state index is 14.0. The first kappa shape index (κ1) is 26.7. The summed E-state index contributed by atoms with van der Waals surface area (Å²) in [5.41, 5.74) is 4.12. The molecule has 0 bridgehead atoms. The van der Waals surface area contributed by atoms with Crippen molar-refractivity contribution >= 4 is 33.8 Å². The van der Waals surface area contributed by atoms with Crippen LogP contribution < -0.4 is 5.32 Å². The molecule has 37 heavy (non-hydrogen) atoms. The Morgan fingerprint density at radius 3 is 2.32 bits per heavy atom. The predicted octanol–water partition coefficient (Wildman–Crippen LogP) is 5.40. The summed E-state index contributed by atoms with van der Waals surface area (Å²) < 4.78 is 60.6. The number of anilines is 1. The topological polar surface area (TPSA) is 92.5 Å². The van der Waals surface area contributed by atoms with E-state index in [9.17, 15) is 22.0 Å². The Balaban J connectivity index is 1.47. The largest absolute Gasteiger partial charge is 0.355 e. The molecule has 1 N–H and O–H groups in total. The van der Waals surface area contributed by atoms with Gasteiger partial charge in [-0.2, -0.15) is 4.31 Å². The molecular formula is C27H29F2N3O4S. The van der Waals surface area contributed by atoms with Crippen molar-refractivity contribution in [3.63, 3.8) is 0 Å². The maximum Gasteiger partial charge on any atom is 0.248 e. The van der Waals surface area contributed by atoms with Crippen LogP contribution in [0, 0.1) is 45.2 Å². The molecule has 4 rings (SSSR count). The number of halogens is 2. The highest BCUT2D eigenvalue weighted by Crippen LogP contribution is 2.30. The number of nitrogens with one attached hydrogen (secondary N) is 1. The lowest BCUT2D eigenvalue weighted by atomic mass is 9.96. The predicted molar refractivity (Wildman–Crippen MR) is 137 cm³/mol. The average Bonchev–Trinajstić information content (AvgIpc) is 3.21. The Labute approximate surface area is 215 Å². The quantitative estimate of drug-likeness (QED) is 0.462. The molecule has 0 atom stereocenters. The third kappa shape index (κ3) is 5.65. The minimum Gasteiger partial charge on any atom is -0.355 e. The zero-order chi connectivity index (χ0) is 26.9. The van der Waals surface area contributed by atoms with Gasteiger partial charge in [0.25, 0.3) is 0 Å². The number of carbonyl (C=O) groups excluding carboxylic acids is 1. The van der Waals surface area contributed by atoms with Crippen molar-refractivity contribution in [2.24, 2.45) is 5.92 Å². The first-order chi connectivity index (χ1) is 17.5. The molecule has 1 saturated heterocycles. The fraction of sp³-hybridized carbons (Fsp3) is 0.333. The van der Waals surface area contributed by atoms with Gasteiger partial charge in [-0.3, -0.25) is 4.79 Å². The number of carbonyl (C=O) groups is 1. The number of rotatable bonds is 6. The second-order valence-electron chi connectivity index (χ2n) is 9.40. The molecule has 196 valence electrons. The lowest BCUT2D eigenvalue weighted by molar-refractivity contribution is -0.120. The average molecular weight is 530 g/mol. The van der Waals surface area contributed by atoms with Crippen LogP contribution in [0.2, 0.25) is 0 Å². The lowest BCUT2D eigenvalue weighted by Gasteiger charge is -2.30. The van der Waals surface area contributed by atoms with Gasteiger partial charge in [-0.25, -0.2) is 17.2 Å². The van der Waals surface area contributed by atoms with Gasteiger partial charge in [-0.1, -0.05) is 22.9 Å². The molecule has 2 aromatic carbocycles. The van der Waals surface area contributed by atoms with Gasteiger partial charge >= 0.3 is 0 Å². The summed E-state index contributed by atoms with van der Waals surface area (Å²) in [7, 11) is -3.99. The Morgan fingerprint density at radius 2 is 1.70 bits per heavy atom. The number of amides is 1. The van der Waals surface area contributed by atoms with Crippen LogP contribution in [0.1, 0.15) is 46.5 Å². The summed E-state index contributed by atoms with van der Waals surface area (Å²) in [4.78, 5) is 12.8. The fourth-order valence-electron chi connectivity index (χ4n) is 4.69. The highest BCUT2D eigenvalue weighted by Gasteiger charge is 2.36. The number of hydrogen-bond donors (Lipinski definition) is 1. The molecule has 1 aliphatic rings. The summed E-state index contributed by atoms with van der Waals surface area (Å²) in [6.45, 7) is 7.73. The third-order valence-corrected chi connectivity index (χ3v) is 8.62. The zero-order valence-electron chi connectivity index (χ0n) is 21.1. The molecule has 0 radical (unpaired) electrons. The third-order valence-electron chi connectivity index (χ3n) is 6.56. The number of piperidine rings is 1. The number of aryl methyl sites for hydroxylation is 4. The van der Waals surface area contributed by atoms with Gasteiger partial charge in [0.2, 0.25) is 15.9 Å². The first-order valence-corrected chi connectivity index (χ1v) is 13.4. The van der Waals surface area contributed by atoms with E-state index in [1.54, 1.807) is 0 Å². The van der Waals surface area contributed by atoms with E-state index in [1.807, 2.05) is 32.9 Å². The number of sulfonamides is 1. The summed E-state index contributed by atoms with van der Waals surface area (Å²) in [6, 6.07) is 7.11.